The minimum absolute atomic E-state index is 0.302. The van der Waals surface area contributed by atoms with Crippen LogP contribution in [0.4, 0.5) is 0 Å². The number of hydrogen-bond acceptors (Lipinski definition) is 2. The minimum Gasteiger partial charge on any atom is -0.395 e. The number of likely N-dealkylation sites (tertiary alicyclic amines) is 1. The third-order valence-electron chi connectivity index (χ3n) is 2.97. The zero-order valence-electron chi connectivity index (χ0n) is 8.29. The Morgan fingerprint density at radius 1 is 1.50 bits per heavy atom. The molecule has 2 nitrogen and oxygen atoms in total. The van der Waals surface area contributed by atoms with Crippen molar-refractivity contribution in [2.75, 3.05) is 13.2 Å². The van der Waals surface area contributed by atoms with Gasteiger partial charge in [0.25, 0.3) is 0 Å². The van der Waals surface area contributed by atoms with E-state index >= 15 is 0 Å². The molecule has 1 saturated heterocycles. The van der Waals surface area contributed by atoms with Crippen molar-refractivity contribution in [1.29, 1.82) is 0 Å². The van der Waals surface area contributed by atoms with Gasteiger partial charge in [0.2, 0.25) is 0 Å². The molecule has 0 aromatic heterocycles. The molecule has 12 heavy (non-hydrogen) atoms. The summed E-state index contributed by atoms with van der Waals surface area (Å²) >= 11 is 0. The molecule has 0 aromatic carbocycles. The molecule has 0 spiro atoms. The van der Waals surface area contributed by atoms with Crippen LogP contribution in [-0.2, 0) is 0 Å². The van der Waals surface area contributed by atoms with E-state index in [1.807, 2.05) is 0 Å². The summed E-state index contributed by atoms with van der Waals surface area (Å²) in [5, 5.41) is 9.06. The van der Waals surface area contributed by atoms with Crippen molar-refractivity contribution in [3.8, 4) is 0 Å². The molecule has 1 rings (SSSR count). The second kappa shape index (κ2) is 4.83. The van der Waals surface area contributed by atoms with E-state index < -0.39 is 0 Å². The summed E-state index contributed by atoms with van der Waals surface area (Å²) in [6, 6.07) is 1.08. The van der Waals surface area contributed by atoms with Crippen molar-refractivity contribution in [2.45, 2.75) is 51.6 Å². The van der Waals surface area contributed by atoms with Crippen LogP contribution in [0, 0.1) is 0 Å². The Kier molecular flexibility index (Phi) is 4.02. The number of nitrogens with zero attached hydrogens (tertiary/aromatic N) is 1. The Bertz CT molecular complexity index is 127. The van der Waals surface area contributed by atoms with E-state index in [1.165, 1.54) is 32.2 Å². The van der Waals surface area contributed by atoms with Crippen LogP contribution < -0.4 is 0 Å². The number of rotatable bonds is 3. The molecule has 2 heteroatoms. The summed E-state index contributed by atoms with van der Waals surface area (Å²) in [4.78, 5) is 2.46. The third-order valence-corrected chi connectivity index (χ3v) is 2.97. The van der Waals surface area contributed by atoms with E-state index in [0.29, 0.717) is 12.6 Å². The van der Waals surface area contributed by atoms with Crippen molar-refractivity contribution in [2.24, 2.45) is 0 Å². The second-order valence-corrected chi connectivity index (χ2v) is 3.83. The lowest BCUT2D eigenvalue weighted by molar-refractivity contribution is 0.0645. The number of aliphatic hydroxyl groups excluding tert-OH is 1. The van der Waals surface area contributed by atoms with E-state index in [9.17, 15) is 0 Å². The van der Waals surface area contributed by atoms with Gasteiger partial charge in [0, 0.05) is 12.1 Å². The molecule has 0 bridgehead atoms. The first-order valence-electron chi connectivity index (χ1n) is 5.16. The van der Waals surface area contributed by atoms with E-state index in [1.54, 1.807) is 0 Å². The first-order chi connectivity index (χ1) is 5.79. The molecule has 2 atom stereocenters. The summed E-state index contributed by atoms with van der Waals surface area (Å²) in [6.45, 7) is 5.85. The highest BCUT2D eigenvalue weighted by Crippen LogP contribution is 2.21. The molecule has 1 aliphatic heterocycles. The van der Waals surface area contributed by atoms with Gasteiger partial charge in [-0.3, -0.25) is 4.90 Å². The molecule has 0 amide bonds. The van der Waals surface area contributed by atoms with Crippen LogP contribution in [0.25, 0.3) is 0 Å². The summed E-state index contributed by atoms with van der Waals surface area (Å²) in [5.74, 6) is 0. The topological polar surface area (TPSA) is 23.5 Å². The van der Waals surface area contributed by atoms with E-state index in [0.717, 1.165) is 6.04 Å². The lowest BCUT2D eigenvalue weighted by Crippen LogP contribution is -2.46. The lowest BCUT2D eigenvalue weighted by atomic mass is 9.98. The smallest absolute Gasteiger partial charge is 0.0584 e. The van der Waals surface area contributed by atoms with E-state index in [-0.39, 0.29) is 0 Å². The molecule has 0 aliphatic carbocycles. The molecule has 1 N–H and O–H groups in total. The van der Waals surface area contributed by atoms with Crippen LogP contribution in [0.5, 0.6) is 0 Å². The molecular formula is C10H21NO. The first kappa shape index (κ1) is 10.0. The zero-order valence-corrected chi connectivity index (χ0v) is 8.29. The van der Waals surface area contributed by atoms with Crippen molar-refractivity contribution in [1.82, 2.24) is 4.90 Å². The fourth-order valence-electron chi connectivity index (χ4n) is 2.15. The van der Waals surface area contributed by atoms with Gasteiger partial charge < -0.3 is 5.11 Å². The third kappa shape index (κ3) is 2.20. The average molecular weight is 171 g/mol. The van der Waals surface area contributed by atoms with Gasteiger partial charge in [0.05, 0.1) is 6.61 Å². The van der Waals surface area contributed by atoms with Gasteiger partial charge in [-0.2, -0.15) is 0 Å². The summed E-state index contributed by atoms with van der Waals surface area (Å²) in [6.07, 6.45) is 5.22. The normalized spacial score (nSPS) is 28.8. The predicted molar refractivity (Wildman–Crippen MR) is 51.2 cm³/mol. The van der Waals surface area contributed by atoms with Crippen LogP contribution in [0.1, 0.15) is 39.5 Å². The minimum atomic E-state index is 0.302. The molecule has 1 fully saturated rings. The van der Waals surface area contributed by atoms with Gasteiger partial charge in [0.1, 0.15) is 0 Å². The predicted octanol–water partition coefficient (Wildman–Crippen LogP) is 1.63. The molecular weight excluding hydrogens is 150 g/mol. The molecule has 0 aromatic rings. The Morgan fingerprint density at radius 2 is 2.25 bits per heavy atom. The molecule has 1 heterocycles. The van der Waals surface area contributed by atoms with Gasteiger partial charge in [-0.25, -0.2) is 0 Å². The van der Waals surface area contributed by atoms with Crippen LogP contribution in [-0.4, -0.2) is 35.2 Å². The zero-order chi connectivity index (χ0) is 8.97. The monoisotopic (exact) mass is 171 g/mol. The SMILES string of the molecule is CCC1CCCCN1C(C)CO. The quantitative estimate of drug-likeness (QED) is 0.697. The molecule has 2 unspecified atom stereocenters. The van der Waals surface area contributed by atoms with Crippen molar-refractivity contribution in [3.63, 3.8) is 0 Å². The van der Waals surface area contributed by atoms with Gasteiger partial charge in [-0.15, -0.1) is 0 Å². The summed E-state index contributed by atoms with van der Waals surface area (Å²) in [5.41, 5.74) is 0. The van der Waals surface area contributed by atoms with Crippen molar-refractivity contribution in [3.05, 3.63) is 0 Å². The maximum atomic E-state index is 9.06. The number of aliphatic hydroxyl groups is 1. The first-order valence-corrected chi connectivity index (χ1v) is 5.16. The maximum absolute atomic E-state index is 9.06. The Labute approximate surface area is 75.6 Å². The van der Waals surface area contributed by atoms with Gasteiger partial charge in [0.15, 0.2) is 0 Å². The Morgan fingerprint density at radius 3 is 2.83 bits per heavy atom. The highest BCUT2D eigenvalue weighted by Gasteiger charge is 2.24. The average Bonchev–Trinajstić information content (AvgIpc) is 2.16. The fourth-order valence-corrected chi connectivity index (χ4v) is 2.15. The lowest BCUT2D eigenvalue weighted by Gasteiger charge is -2.38. The molecule has 0 saturated carbocycles. The van der Waals surface area contributed by atoms with E-state index in [4.69, 9.17) is 5.11 Å². The second-order valence-electron chi connectivity index (χ2n) is 3.83. The fraction of sp³-hybridized carbons (Fsp3) is 1.00. The number of hydrogen-bond donors (Lipinski definition) is 1. The van der Waals surface area contributed by atoms with Crippen molar-refractivity contribution >= 4 is 0 Å². The maximum Gasteiger partial charge on any atom is 0.0584 e. The van der Waals surface area contributed by atoms with Gasteiger partial charge in [-0.1, -0.05) is 13.3 Å². The standard InChI is InChI=1S/C10H21NO/c1-3-10-6-4-5-7-11(10)9(2)8-12/h9-10,12H,3-8H2,1-2H3. The highest BCUT2D eigenvalue weighted by atomic mass is 16.3. The van der Waals surface area contributed by atoms with Gasteiger partial charge in [-0.05, 0) is 32.7 Å². The molecule has 0 radical (unpaired) electrons. The highest BCUT2D eigenvalue weighted by molar-refractivity contribution is 4.79. The van der Waals surface area contributed by atoms with Crippen LogP contribution in [0.2, 0.25) is 0 Å². The molecule has 72 valence electrons. The largest absolute Gasteiger partial charge is 0.395 e. The van der Waals surface area contributed by atoms with Crippen LogP contribution in [0.15, 0.2) is 0 Å². The summed E-state index contributed by atoms with van der Waals surface area (Å²) < 4.78 is 0. The van der Waals surface area contributed by atoms with Crippen LogP contribution >= 0.6 is 0 Å². The Balaban J connectivity index is 2.46. The number of piperidine rings is 1. The van der Waals surface area contributed by atoms with E-state index in [2.05, 4.69) is 18.7 Å². The molecule has 1 aliphatic rings. The van der Waals surface area contributed by atoms with Crippen LogP contribution in [0.3, 0.4) is 0 Å². The summed E-state index contributed by atoms with van der Waals surface area (Å²) in [7, 11) is 0. The van der Waals surface area contributed by atoms with Gasteiger partial charge >= 0.3 is 0 Å². The Hall–Kier alpha value is -0.0800. The van der Waals surface area contributed by atoms with Crippen molar-refractivity contribution < 1.29 is 5.11 Å².